The van der Waals surface area contributed by atoms with Crippen molar-refractivity contribution >= 4 is 34.8 Å². The highest BCUT2D eigenvalue weighted by Gasteiger charge is 2.06. The van der Waals surface area contributed by atoms with Crippen LogP contribution in [0, 0.1) is 0 Å². The summed E-state index contributed by atoms with van der Waals surface area (Å²) in [5.74, 6) is -0.195. The van der Waals surface area contributed by atoms with Crippen molar-refractivity contribution in [2.75, 3.05) is 13.1 Å². The normalized spacial score (nSPS) is 10.1. The fourth-order valence-electron chi connectivity index (χ4n) is 1.72. The number of hydrogen-bond donors (Lipinski definition) is 2. The molecule has 0 atom stereocenters. The van der Waals surface area contributed by atoms with Gasteiger partial charge in [0.05, 0.1) is 11.3 Å². The molecule has 0 saturated heterocycles. The van der Waals surface area contributed by atoms with Crippen LogP contribution in [0.3, 0.4) is 0 Å². The lowest BCUT2D eigenvalue weighted by Crippen LogP contribution is -2.35. The summed E-state index contributed by atoms with van der Waals surface area (Å²) in [6.07, 6.45) is 0.302. The molecule has 0 bridgehead atoms. The third kappa shape index (κ3) is 5.21. The molecule has 1 aromatic carbocycles. The van der Waals surface area contributed by atoms with Crippen LogP contribution in [0.4, 0.5) is 0 Å². The average Bonchev–Trinajstić information content (AvgIpc) is 3.00. The zero-order chi connectivity index (χ0) is 15.1. The van der Waals surface area contributed by atoms with Gasteiger partial charge in [-0.05, 0) is 29.1 Å². The van der Waals surface area contributed by atoms with Gasteiger partial charge in [0.25, 0.3) is 5.91 Å². The second-order valence-electron chi connectivity index (χ2n) is 4.39. The summed E-state index contributed by atoms with van der Waals surface area (Å²) in [4.78, 5) is 24.0. The van der Waals surface area contributed by atoms with E-state index in [2.05, 4.69) is 10.6 Å². The van der Waals surface area contributed by atoms with Crippen molar-refractivity contribution in [2.24, 2.45) is 0 Å². The summed E-state index contributed by atoms with van der Waals surface area (Å²) in [6, 6.07) is 10.7. The van der Waals surface area contributed by atoms with Gasteiger partial charge in [-0.25, -0.2) is 0 Å². The molecule has 1 aromatic heterocycles. The Morgan fingerprint density at radius 2 is 1.76 bits per heavy atom. The topological polar surface area (TPSA) is 58.2 Å². The van der Waals surface area contributed by atoms with E-state index in [1.54, 1.807) is 18.2 Å². The Labute approximate surface area is 132 Å². The minimum Gasteiger partial charge on any atom is -0.354 e. The van der Waals surface area contributed by atoms with Crippen LogP contribution in [-0.2, 0) is 11.2 Å². The molecule has 0 radical (unpaired) electrons. The Morgan fingerprint density at radius 3 is 2.43 bits per heavy atom. The Kier molecular flexibility index (Phi) is 5.78. The molecule has 4 nitrogen and oxygen atoms in total. The van der Waals surface area contributed by atoms with Crippen LogP contribution < -0.4 is 10.6 Å². The molecular weight excluding hydrogens is 308 g/mol. The van der Waals surface area contributed by atoms with Gasteiger partial charge in [-0.15, -0.1) is 11.3 Å². The molecule has 1 heterocycles. The first kappa shape index (κ1) is 15.5. The minimum atomic E-state index is -0.114. The molecule has 110 valence electrons. The van der Waals surface area contributed by atoms with E-state index < -0.39 is 0 Å². The molecule has 2 rings (SSSR count). The predicted molar refractivity (Wildman–Crippen MR) is 84.8 cm³/mol. The van der Waals surface area contributed by atoms with Gasteiger partial charge >= 0.3 is 0 Å². The van der Waals surface area contributed by atoms with Crippen molar-refractivity contribution in [2.45, 2.75) is 6.42 Å². The Hall–Kier alpha value is -1.85. The monoisotopic (exact) mass is 322 g/mol. The standard InChI is InChI=1S/C15H15ClN2O2S/c16-12-5-3-11(4-6-12)10-14(19)17-7-8-18-15(20)13-2-1-9-21-13/h1-6,9H,7-8,10H2,(H,17,19)(H,18,20). The van der Waals surface area contributed by atoms with Crippen LogP contribution in [0.2, 0.25) is 5.02 Å². The van der Waals surface area contributed by atoms with Crippen molar-refractivity contribution in [3.8, 4) is 0 Å². The Morgan fingerprint density at radius 1 is 1.05 bits per heavy atom. The first-order valence-electron chi connectivity index (χ1n) is 6.48. The highest BCUT2D eigenvalue weighted by Crippen LogP contribution is 2.09. The quantitative estimate of drug-likeness (QED) is 0.803. The SMILES string of the molecule is O=C(Cc1ccc(Cl)cc1)NCCNC(=O)c1cccs1. The van der Waals surface area contributed by atoms with E-state index in [1.807, 2.05) is 23.6 Å². The Balaban J connectivity index is 1.65. The molecule has 6 heteroatoms. The number of thiophene rings is 1. The van der Waals surface area contributed by atoms with E-state index in [0.717, 1.165) is 5.56 Å². The minimum absolute atomic E-state index is 0.0808. The maximum atomic E-state index is 11.7. The van der Waals surface area contributed by atoms with Crippen molar-refractivity contribution in [3.05, 3.63) is 57.2 Å². The number of rotatable bonds is 6. The predicted octanol–water partition coefficient (Wildman–Crippen LogP) is 2.49. The summed E-state index contributed by atoms with van der Waals surface area (Å²) >= 11 is 7.17. The molecule has 0 saturated carbocycles. The van der Waals surface area contributed by atoms with E-state index in [1.165, 1.54) is 11.3 Å². The van der Waals surface area contributed by atoms with Crippen LogP contribution >= 0.6 is 22.9 Å². The molecule has 0 aliphatic rings. The van der Waals surface area contributed by atoms with Crippen LogP contribution in [0.5, 0.6) is 0 Å². The van der Waals surface area contributed by atoms with E-state index in [9.17, 15) is 9.59 Å². The third-order valence-corrected chi connectivity index (χ3v) is 3.88. The van der Waals surface area contributed by atoms with Gasteiger partial charge in [0, 0.05) is 18.1 Å². The molecule has 0 spiro atoms. The molecule has 0 aliphatic carbocycles. The first-order valence-corrected chi connectivity index (χ1v) is 7.74. The number of hydrogen-bond acceptors (Lipinski definition) is 3. The summed E-state index contributed by atoms with van der Waals surface area (Å²) < 4.78 is 0. The average molecular weight is 323 g/mol. The van der Waals surface area contributed by atoms with Gasteiger partial charge in [-0.3, -0.25) is 9.59 Å². The number of halogens is 1. The number of carbonyl (C=O) groups excluding carboxylic acids is 2. The lowest BCUT2D eigenvalue weighted by Gasteiger charge is -2.06. The maximum absolute atomic E-state index is 11.7. The molecule has 2 N–H and O–H groups in total. The lowest BCUT2D eigenvalue weighted by atomic mass is 10.1. The zero-order valence-electron chi connectivity index (χ0n) is 11.3. The molecule has 0 fully saturated rings. The van der Waals surface area contributed by atoms with E-state index in [0.29, 0.717) is 29.4 Å². The van der Waals surface area contributed by atoms with E-state index in [4.69, 9.17) is 11.6 Å². The number of carbonyl (C=O) groups is 2. The molecule has 2 aromatic rings. The first-order chi connectivity index (χ1) is 10.1. The summed E-state index contributed by atoms with van der Waals surface area (Å²) in [7, 11) is 0. The van der Waals surface area contributed by atoms with E-state index >= 15 is 0 Å². The molecule has 0 aliphatic heterocycles. The van der Waals surface area contributed by atoms with Gasteiger partial charge in [-0.2, -0.15) is 0 Å². The smallest absolute Gasteiger partial charge is 0.261 e. The van der Waals surface area contributed by atoms with Gasteiger partial charge < -0.3 is 10.6 Å². The van der Waals surface area contributed by atoms with E-state index in [-0.39, 0.29) is 11.8 Å². The summed E-state index contributed by atoms with van der Waals surface area (Å²) in [6.45, 7) is 0.812. The zero-order valence-corrected chi connectivity index (χ0v) is 12.8. The molecule has 21 heavy (non-hydrogen) atoms. The largest absolute Gasteiger partial charge is 0.354 e. The number of nitrogens with one attached hydrogen (secondary N) is 2. The van der Waals surface area contributed by atoms with Crippen LogP contribution in [-0.4, -0.2) is 24.9 Å². The third-order valence-electron chi connectivity index (χ3n) is 2.76. The van der Waals surface area contributed by atoms with Gasteiger partial charge in [-0.1, -0.05) is 29.8 Å². The highest BCUT2D eigenvalue weighted by atomic mass is 35.5. The second kappa shape index (κ2) is 7.81. The van der Waals surface area contributed by atoms with Gasteiger partial charge in [0.15, 0.2) is 0 Å². The van der Waals surface area contributed by atoms with Crippen molar-refractivity contribution in [1.82, 2.24) is 10.6 Å². The maximum Gasteiger partial charge on any atom is 0.261 e. The van der Waals surface area contributed by atoms with Gasteiger partial charge in [0.1, 0.15) is 0 Å². The number of amides is 2. The van der Waals surface area contributed by atoms with Crippen molar-refractivity contribution in [3.63, 3.8) is 0 Å². The fraction of sp³-hybridized carbons (Fsp3) is 0.200. The molecular formula is C15H15ClN2O2S. The molecule has 2 amide bonds. The Bertz CT molecular complexity index is 597. The van der Waals surface area contributed by atoms with Crippen LogP contribution in [0.25, 0.3) is 0 Å². The number of benzene rings is 1. The van der Waals surface area contributed by atoms with Crippen molar-refractivity contribution in [1.29, 1.82) is 0 Å². The summed E-state index contributed by atoms with van der Waals surface area (Å²) in [5.41, 5.74) is 0.902. The van der Waals surface area contributed by atoms with Gasteiger partial charge in [0.2, 0.25) is 5.91 Å². The summed E-state index contributed by atoms with van der Waals surface area (Å²) in [5, 5.41) is 8.01. The lowest BCUT2D eigenvalue weighted by molar-refractivity contribution is -0.120. The van der Waals surface area contributed by atoms with Crippen molar-refractivity contribution < 1.29 is 9.59 Å². The second-order valence-corrected chi connectivity index (χ2v) is 5.77. The highest BCUT2D eigenvalue weighted by molar-refractivity contribution is 7.12. The van der Waals surface area contributed by atoms with Crippen LogP contribution in [0.15, 0.2) is 41.8 Å². The van der Waals surface area contributed by atoms with Crippen LogP contribution in [0.1, 0.15) is 15.2 Å². The molecule has 0 unspecified atom stereocenters. The fourth-order valence-corrected chi connectivity index (χ4v) is 2.49.